The molecule has 0 aliphatic heterocycles. The molecular weight excluding hydrogens is 407 g/mol. The van der Waals surface area contributed by atoms with Crippen LogP contribution in [0.5, 0.6) is 0 Å². The summed E-state index contributed by atoms with van der Waals surface area (Å²) in [5, 5.41) is 5.37. The van der Waals surface area contributed by atoms with E-state index in [4.69, 9.17) is 0 Å². The van der Waals surface area contributed by atoms with Gasteiger partial charge in [-0.15, -0.1) is 0 Å². The van der Waals surface area contributed by atoms with E-state index < -0.39 is 28.8 Å². The standard InChI is InChI=1S/C18H14F3N5O2S/c1-29(28)14-5-6-22-10-13(14)25-17(27)11-4-7-23-16(8-11)26-15-3-2-12(9-24-15)18(19,20)21/h2-10H,1H3,(H,25,27)(H,23,24,26). The van der Waals surface area contributed by atoms with E-state index in [1.165, 1.54) is 37.0 Å². The second-order valence-corrected chi connectivity index (χ2v) is 7.11. The minimum Gasteiger partial charge on any atom is -0.612 e. The molecule has 3 aromatic heterocycles. The summed E-state index contributed by atoms with van der Waals surface area (Å²) in [5.41, 5.74) is -0.329. The van der Waals surface area contributed by atoms with Gasteiger partial charge in [-0.1, -0.05) is 0 Å². The average molecular weight is 421 g/mol. The van der Waals surface area contributed by atoms with Crippen LogP contribution in [0.1, 0.15) is 15.9 Å². The zero-order chi connectivity index (χ0) is 21.0. The lowest BCUT2D eigenvalue weighted by Crippen LogP contribution is -2.15. The molecule has 7 nitrogen and oxygen atoms in total. The molecule has 0 aliphatic carbocycles. The third kappa shape index (κ3) is 5.21. The van der Waals surface area contributed by atoms with Crippen molar-refractivity contribution in [3.05, 3.63) is 66.2 Å². The molecule has 0 saturated heterocycles. The Balaban J connectivity index is 1.75. The molecule has 0 saturated carbocycles. The lowest BCUT2D eigenvalue weighted by atomic mass is 10.2. The maximum absolute atomic E-state index is 12.6. The van der Waals surface area contributed by atoms with Crippen LogP contribution in [-0.2, 0) is 17.4 Å². The molecular formula is C18H14F3N5O2S. The molecule has 3 heterocycles. The largest absolute Gasteiger partial charge is 0.612 e. The van der Waals surface area contributed by atoms with Crippen LogP contribution in [0.15, 0.2) is 60.0 Å². The predicted octanol–water partition coefficient (Wildman–Crippen LogP) is 3.62. The molecule has 150 valence electrons. The summed E-state index contributed by atoms with van der Waals surface area (Å²) in [6, 6.07) is 6.46. The van der Waals surface area contributed by atoms with Gasteiger partial charge in [0.15, 0.2) is 4.90 Å². The van der Waals surface area contributed by atoms with Crippen molar-refractivity contribution in [3.63, 3.8) is 0 Å². The van der Waals surface area contributed by atoms with Crippen LogP contribution >= 0.6 is 0 Å². The predicted molar refractivity (Wildman–Crippen MR) is 101 cm³/mol. The number of hydrogen-bond acceptors (Lipinski definition) is 6. The third-order valence-corrected chi connectivity index (χ3v) is 4.68. The first kappa shape index (κ1) is 20.6. The highest BCUT2D eigenvalue weighted by Gasteiger charge is 2.30. The lowest BCUT2D eigenvalue weighted by Gasteiger charge is -2.11. The van der Waals surface area contributed by atoms with Gasteiger partial charge in [-0.25, -0.2) is 9.97 Å². The van der Waals surface area contributed by atoms with Gasteiger partial charge in [-0.2, -0.15) is 13.2 Å². The van der Waals surface area contributed by atoms with Crippen molar-refractivity contribution >= 4 is 34.4 Å². The van der Waals surface area contributed by atoms with Gasteiger partial charge >= 0.3 is 6.18 Å². The van der Waals surface area contributed by atoms with Crippen LogP contribution in [-0.4, -0.2) is 31.7 Å². The molecule has 11 heteroatoms. The molecule has 0 spiro atoms. The third-order valence-electron chi connectivity index (χ3n) is 3.71. The minimum absolute atomic E-state index is 0.138. The van der Waals surface area contributed by atoms with E-state index in [9.17, 15) is 22.5 Å². The zero-order valence-electron chi connectivity index (χ0n) is 14.9. The smallest absolute Gasteiger partial charge is 0.417 e. The first-order chi connectivity index (χ1) is 13.7. The normalized spacial score (nSPS) is 12.3. The average Bonchev–Trinajstić information content (AvgIpc) is 2.68. The van der Waals surface area contributed by atoms with Crippen LogP contribution in [0.2, 0.25) is 0 Å². The SMILES string of the molecule is C[S+]([O-])c1ccncc1NC(=O)c1ccnc(Nc2ccc(C(F)(F)F)cn2)c1. The first-order valence-corrected chi connectivity index (χ1v) is 9.65. The number of pyridine rings is 3. The number of anilines is 3. The monoisotopic (exact) mass is 421 g/mol. The number of alkyl halides is 3. The fourth-order valence-corrected chi connectivity index (χ4v) is 2.99. The number of carbonyl (C=O) groups excluding carboxylic acids is 1. The van der Waals surface area contributed by atoms with Crippen LogP contribution in [0.25, 0.3) is 0 Å². The van der Waals surface area contributed by atoms with E-state index in [0.717, 1.165) is 12.1 Å². The van der Waals surface area contributed by atoms with E-state index in [1.807, 2.05) is 0 Å². The summed E-state index contributed by atoms with van der Waals surface area (Å²) in [5.74, 6) is -0.134. The molecule has 0 aliphatic rings. The number of amides is 1. The Kier molecular flexibility index (Phi) is 5.99. The maximum atomic E-state index is 12.6. The Morgan fingerprint density at radius 1 is 1.07 bits per heavy atom. The number of nitrogens with zero attached hydrogens (tertiary/aromatic N) is 3. The van der Waals surface area contributed by atoms with Crippen molar-refractivity contribution in [1.82, 2.24) is 15.0 Å². The summed E-state index contributed by atoms with van der Waals surface area (Å²) >= 11 is -1.32. The highest BCUT2D eigenvalue weighted by atomic mass is 32.2. The molecule has 1 amide bonds. The quantitative estimate of drug-likeness (QED) is 0.610. The van der Waals surface area contributed by atoms with Gasteiger partial charge in [0.25, 0.3) is 5.91 Å². The van der Waals surface area contributed by atoms with E-state index in [-0.39, 0.29) is 17.2 Å². The van der Waals surface area contributed by atoms with Gasteiger partial charge in [0.05, 0.1) is 11.8 Å². The van der Waals surface area contributed by atoms with Crippen molar-refractivity contribution in [2.75, 3.05) is 16.9 Å². The number of nitrogens with one attached hydrogen (secondary N) is 2. The van der Waals surface area contributed by atoms with Crippen molar-refractivity contribution in [1.29, 1.82) is 0 Å². The Morgan fingerprint density at radius 2 is 1.86 bits per heavy atom. The van der Waals surface area contributed by atoms with Crippen LogP contribution in [0, 0.1) is 0 Å². The van der Waals surface area contributed by atoms with Gasteiger partial charge in [0.1, 0.15) is 23.6 Å². The molecule has 1 atom stereocenters. The van der Waals surface area contributed by atoms with Crippen molar-refractivity contribution < 1.29 is 22.5 Å². The topological polar surface area (TPSA) is 103 Å². The molecule has 29 heavy (non-hydrogen) atoms. The van der Waals surface area contributed by atoms with Crippen LogP contribution in [0.4, 0.5) is 30.5 Å². The van der Waals surface area contributed by atoms with E-state index >= 15 is 0 Å². The highest BCUT2D eigenvalue weighted by molar-refractivity contribution is 7.90. The Morgan fingerprint density at radius 3 is 2.52 bits per heavy atom. The highest BCUT2D eigenvalue weighted by Crippen LogP contribution is 2.29. The molecule has 0 fully saturated rings. The number of rotatable bonds is 5. The molecule has 0 radical (unpaired) electrons. The zero-order valence-corrected chi connectivity index (χ0v) is 15.7. The second-order valence-electron chi connectivity index (χ2n) is 5.76. The Bertz CT molecular complexity index is 1010. The minimum atomic E-state index is -4.48. The van der Waals surface area contributed by atoms with Crippen molar-refractivity contribution in [3.8, 4) is 0 Å². The summed E-state index contributed by atoms with van der Waals surface area (Å²) in [6.07, 6.45) is 1.93. The maximum Gasteiger partial charge on any atom is 0.417 e. The number of hydrogen-bond donors (Lipinski definition) is 2. The Labute approximate surface area is 166 Å². The van der Waals surface area contributed by atoms with E-state index in [2.05, 4.69) is 25.6 Å². The lowest BCUT2D eigenvalue weighted by molar-refractivity contribution is -0.137. The summed E-state index contributed by atoms with van der Waals surface area (Å²) in [6.45, 7) is 0. The second kappa shape index (κ2) is 8.45. The fraction of sp³-hybridized carbons (Fsp3) is 0.111. The van der Waals surface area contributed by atoms with Gasteiger partial charge in [-0.3, -0.25) is 9.78 Å². The number of carbonyl (C=O) groups is 1. The number of halogens is 3. The van der Waals surface area contributed by atoms with Crippen LogP contribution < -0.4 is 10.6 Å². The van der Waals surface area contributed by atoms with Crippen molar-refractivity contribution in [2.45, 2.75) is 11.1 Å². The molecule has 1 unspecified atom stereocenters. The molecule has 3 rings (SSSR count). The van der Waals surface area contributed by atoms with Crippen LogP contribution in [0.3, 0.4) is 0 Å². The van der Waals surface area contributed by atoms with E-state index in [1.54, 1.807) is 6.07 Å². The summed E-state index contributed by atoms with van der Waals surface area (Å²) < 4.78 is 49.6. The van der Waals surface area contributed by atoms with Gasteiger partial charge in [-0.05, 0) is 35.4 Å². The van der Waals surface area contributed by atoms with Gasteiger partial charge in [0, 0.05) is 30.2 Å². The molecule has 0 bridgehead atoms. The molecule has 3 aromatic rings. The Hall–Kier alpha value is -3.18. The fourth-order valence-electron chi connectivity index (χ4n) is 2.33. The number of aromatic nitrogens is 3. The summed E-state index contributed by atoms with van der Waals surface area (Å²) in [4.78, 5) is 24.6. The molecule has 0 aromatic carbocycles. The summed E-state index contributed by atoms with van der Waals surface area (Å²) in [7, 11) is 0. The van der Waals surface area contributed by atoms with Gasteiger partial charge < -0.3 is 15.2 Å². The molecule has 2 N–H and O–H groups in total. The van der Waals surface area contributed by atoms with Gasteiger partial charge in [0.2, 0.25) is 0 Å². The van der Waals surface area contributed by atoms with E-state index in [0.29, 0.717) is 16.8 Å². The van der Waals surface area contributed by atoms with Crippen molar-refractivity contribution in [2.24, 2.45) is 0 Å². The first-order valence-electron chi connectivity index (χ1n) is 8.09.